The summed E-state index contributed by atoms with van der Waals surface area (Å²) in [5, 5.41) is 5.59. The zero-order valence-corrected chi connectivity index (χ0v) is 21.7. The van der Waals surface area contributed by atoms with Gasteiger partial charge in [0.05, 0.1) is 0 Å². The van der Waals surface area contributed by atoms with Crippen LogP contribution in [0.15, 0.2) is 42.5 Å². The van der Waals surface area contributed by atoms with Crippen LogP contribution in [0.5, 0.6) is 0 Å². The molecule has 2 N–H and O–H groups in total. The maximum atomic E-state index is 12.7. The molecule has 0 saturated carbocycles. The van der Waals surface area contributed by atoms with Crippen molar-refractivity contribution in [1.82, 2.24) is 10.6 Å². The summed E-state index contributed by atoms with van der Waals surface area (Å²) in [5.41, 5.74) is 3.89. The van der Waals surface area contributed by atoms with Gasteiger partial charge in [-0.3, -0.25) is 4.79 Å². The first-order valence-corrected chi connectivity index (χ1v) is 12.0. The Balaban J connectivity index is 1.87. The predicted octanol–water partition coefficient (Wildman–Crippen LogP) is 5.15. The molecule has 2 aromatic carbocycles. The third kappa shape index (κ3) is 9.81. The molecule has 7 nitrogen and oxygen atoms in total. The quantitative estimate of drug-likeness (QED) is 0.361. The number of alkyl carbamates (subject to hydrolysis) is 1. The summed E-state index contributed by atoms with van der Waals surface area (Å²) in [6.45, 7) is 11.8. The van der Waals surface area contributed by atoms with Crippen molar-refractivity contribution in [2.75, 3.05) is 6.54 Å². The number of esters is 1. The molecule has 2 aromatic rings. The smallest absolute Gasteiger partial charge is 0.408 e. The Morgan fingerprint density at radius 3 is 2.17 bits per heavy atom. The average Bonchev–Trinajstić information content (AvgIpc) is 2.75. The van der Waals surface area contributed by atoms with Crippen LogP contribution in [0, 0.1) is 20.8 Å². The van der Waals surface area contributed by atoms with E-state index in [0.717, 1.165) is 22.3 Å². The van der Waals surface area contributed by atoms with Crippen LogP contribution in [0.3, 0.4) is 0 Å². The number of aryl methyl sites for hydroxylation is 3. The minimum absolute atomic E-state index is 0.105. The monoisotopic (exact) mass is 482 g/mol. The highest BCUT2D eigenvalue weighted by Gasteiger charge is 2.27. The van der Waals surface area contributed by atoms with Crippen LogP contribution in [-0.2, 0) is 20.9 Å². The van der Waals surface area contributed by atoms with Crippen molar-refractivity contribution < 1.29 is 23.9 Å². The minimum atomic E-state index is -0.838. The second-order valence-electron chi connectivity index (χ2n) is 9.82. The Morgan fingerprint density at radius 2 is 1.57 bits per heavy atom. The molecule has 0 saturated heterocycles. The van der Waals surface area contributed by atoms with Crippen LogP contribution in [-0.4, -0.2) is 36.2 Å². The highest BCUT2D eigenvalue weighted by molar-refractivity contribution is 5.97. The first-order chi connectivity index (χ1) is 16.5. The number of rotatable bonds is 10. The van der Waals surface area contributed by atoms with E-state index in [-0.39, 0.29) is 12.5 Å². The molecule has 0 bridgehead atoms. The zero-order valence-electron chi connectivity index (χ0n) is 21.7. The van der Waals surface area contributed by atoms with Gasteiger partial charge < -0.3 is 20.1 Å². The van der Waals surface area contributed by atoms with E-state index < -0.39 is 23.7 Å². The molecule has 2 rings (SSSR count). The van der Waals surface area contributed by atoms with Gasteiger partial charge in [-0.05, 0) is 77.5 Å². The molecule has 35 heavy (non-hydrogen) atoms. The normalized spacial score (nSPS) is 11.9. The number of amides is 2. The lowest BCUT2D eigenvalue weighted by Crippen LogP contribution is -2.44. The molecule has 0 spiro atoms. The Labute approximate surface area is 208 Å². The average molecular weight is 483 g/mol. The van der Waals surface area contributed by atoms with Gasteiger partial charge >= 0.3 is 12.1 Å². The largest absolute Gasteiger partial charge is 0.458 e. The molecule has 0 heterocycles. The third-order valence-corrected chi connectivity index (χ3v) is 5.31. The van der Waals surface area contributed by atoms with Gasteiger partial charge in [-0.1, -0.05) is 48.0 Å². The van der Waals surface area contributed by atoms with Gasteiger partial charge in [0.2, 0.25) is 0 Å². The molecule has 190 valence electrons. The van der Waals surface area contributed by atoms with Crippen LogP contribution >= 0.6 is 0 Å². The van der Waals surface area contributed by atoms with Crippen molar-refractivity contribution in [1.29, 1.82) is 0 Å². The zero-order chi connectivity index (χ0) is 26.0. The molecule has 0 aliphatic heterocycles. The second-order valence-corrected chi connectivity index (χ2v) is 9.82. The summed E-state index contributed by atoms with van der Waals surface area (Å²) in [4.78, 5) is 37.6. The van der Waals surface area contributed by atoms with Crippen LogP contribution < -0.4 is 10.6 Å². The Morgan fingerprint density at radius 1 is 0.943 bits per heavy atom. The van der Waals surface area contributed by atoms with Crippen molar-refractivity contribution in [2.24, 2.45) is 0 Å². The maximum absolute atomic E-state index is 12.7. The molecule has 0 aromatic heterocycles. The van der Waals surface area contributed by atoms with E-state index in [1.165, 1.54) is 0 Å². The van der Waals surface area contributed by atoms with Gasteiger partial charge in [-0.15, -0.1) is 0 Å². The third-order valence-electron chi connectivity index (χ3n) is 5.31. The van der Waals surface area contributed by atoms with E-state index in [9.17, 15) is 14.4 Å². The number of carbonyl (C=O) groups is 3. The van der Waals surface area contributed by atoms with Crippen LogP contribution in [0.1, 0.15) is 72.6 Å². The molecule has 0 aliphatic rings. The number of hydrogen-bond acceptors (Lipinski definition) is 5. The number of benzene rings is 2. The van der Waals surface area contributed by atoms with Crippen LogP contribution in [0.2, 0.25) is 0 Å². The SMILES string of the molecule is Cc1cc(C)c(C(=O)NCCCC[C@H](NC(=O)OCc2ccccc2)C(=O)OC(C)(C)C)c(C)c1. The number of ether oxygens (including phenoxy) is 2. The van der Waals surface area contributed by atoms with Gasteiger partial charge in [-0.25, -0.2) is 9.59 Å². The number of hydrogen-bond donors (Lipinski definition) is 2. The molecular weight excluding hydrogens is 444 g/mol. The molecule has 7 heteroatoms. The van der Waals surface area contributed by atoms with E-state index in [1.807, 2.05) is 63.2 Å². The number of unbranched alkanes of at least 4 members (excludes halogenated alkanes) is 1. The highest BCUT2D eigenvalue weighted by atomic mass is 16.6. The molecule has 0 unspecified atom stereocenters. The van der Waals surface area contributed by atoms with Crippen molar-refractivity contribution in [3.05, 3.63) is 70.3 Å². The van der Waals surface area contributed by atoms with Gasteiger partial charge in [-0.2, -0.15) is 0 Å². The van der Waals surface area contributed by atoms with Crippen molar-refractivity contribution in [3.63, 3.8) is 0 Å². The molecule has 0 radical (unpaired) electrons. The van der Waals surface area contributed by atoms with E-state index in [1.54, 1.807) is 20.8 Å². The Hall–Kier alpha value is -3.35. The molecule has 2 amide bonds. The van der Waals surface area contributed by atoms with Gasteiger partial charge in [0.25, 0.3) is 5.91 Å². The fourth-order valence-corrected chi connectivity index (χ4v) is 3.83. The van der Waals surface area contributed by atoms with E-state index >= 15 is 0 Å². The van der Waals surface area contributed by atoms with Gasteiger partial charge in [0, 0.05) is 12.1 Å². The fourth-order valence-electron chi connectivity index (χ4n) is 3.83. The fraction of sp³-hybridized carbons (Fsp3) is 0.464. The summed E-state index contributed by atoms with van der Waals surface area (Å²) in [7, 11) is 0. The molecule has 0 fully saturated rings. The summed E-state index contributed by atoms with van der Waals surface area (Å²) < 4.78 is 10.7. The van der Waals surface area contributed by atoms with Crippen LogP contribution in [0.25, 0.3) is 0 Å². The number of carbonyl (C=O) groups excluding carboxylic acids is 3. The van der Waals surface area contributed by atoms with E-state index in [4.69, 9.17) is 9.47 Å². The molecule has 1 atom stereocenters. The van der Waals surface area contributed by atoms with Crippen molar-refractivity contribution in [3.8, 4) is 0 Å². The summed E-state index contributed by atoms with van der Waals surface area (Å²) in [6.07, 6.45) is 0.946. The highest BCUT2D eigenvalue weighted by Crippen LogP contribution is 2.16. The summed E-state index contributed by atoms with van der Waals surface area (Å²) in [6, 6.07) is 12.5. The lowest BCUT2D eigenvalue weighted by atomic mass is 9.99. The lowest BCUT2D eigenvalue weighted by molar-refractivity contribution is -0.157. The number of nitrogens with one attached hydrogen (secondary N) is 2. The Kier molecular flexibility index (Phi) is 10.3. The topological polar surface area (TPSA) is 93.7 Å². The summed E-state index contributed by atoms with van der Waals surface area (Å²) >= 11 is 0. The van der Waals surface area contributed by atoms with E-state index in [0.29, 0.717) is 31.4 Å². The molecular formula is C28H38N2O5. The van der Waals surface area contributed by atoms with Crippen molar-refractivity contribution in [2.45, 2.75) is 79.1 Å². The van der Waals surface area contributed by atoms with Gasteiger partial charge in [0.15, 0.2) is 0 Å². The first-order valence-electron chi connectivity index (χ1n) is 12.0. The predicted molar refractivity (Wildman–Crippen MR) is 136 cm³/mol. The standard InChI is InChI=1S/C28H38N2O5/c1-19-16-20(2)24(21(3)17-19)25(31)29-15-11-10-14-23(26(32)35-28(4,5)6)30-27(33)34-18-22-12-8-7-9-13-22/h7-9,12-13,16-17,23H,10-11,14-15,18H2,1-6H3,(H,29,31)(H,30,33)/t23-/m0/s1. The second kappa shape index (κ2) is 12.9. The first kappa shape index (κ1) is 27.9. The Bertz CT molecular complexity index is 989. The van der Waals surface area contributed by atoms with Crippen LogP contribution in [0.4, 0.5) is 4.79 Å². The minimum Gasteiger partial charge on any atom is -0.458 e. The molecule has 0 aliphatic carbocycles. The lowest BCUT2D eigenvalue weighted by Gasteiger charge is -2.24. The van der Waals surface area contributed by atoms with Gasteiger partial charge in [0.1, 0.15) is 18.2 Å². The van der Waals surface area contributed by atoms with E-state index in [2.05, 4.69) is 10.6 Å². The summed E-state index contributed by atoms with van der Waals surface area (Å²) in [5.74, 6) is -0.615. The maximum Gasteiger partial charge on any atom is 0.408 e. The van der Waals surface area contributed by atoms with Crippen molar-refractivity contribution >= 4 is 18.0 Å².